The van der Waals surface area contributed by atoms with Crippen molar-refractivity contribution in [2.24, 2.45) is 0 Å². The maximum absolute atomic E-state index is 6.37. The van der Waals surface area contributed by atoms with Crippen molar-refractivity contribution in [2.45, 2.75) is 6.92 Å². The van der Waals surface area contributed by atoms with Gasteiger partial charge in [0.25, 0.3) is 0 Å². The zero-order valence-electron chi connectivity index (χ0n) is 12.1. The molecule has 0 aliphatic carbocycles. The lowest BCUT2D eigenvalue weighted by molar-refractivity contribution is 1.12. The standard InChI is InChI=1S/C17H10Cl2N4/c1-9-7-20-15-11(6-14(19)17-12(15)8-21-23-17)16(22-9)10-4-2-3-5-13(10)18/h2-8H,1H3. The zero-order chi connectivity index (χ0) is 16.0. The minimum absolute atomic E-state index is 0.519. The maximum Gasteiger partial charge on any atom is 0.115 e. The molecule has 0 bridgehead atoms. The Morgan fingerprint density at radius 3 is 2.57 bits per heavy atom. The summed E-state index contributed by atoms with van der Waals surface area (Å²) in [5.74, 6) is 0. The van der Waals surface area contributed by atoms with Gasteiger partial charge < -0.3 is 0 Å². The summed E-state index contributed by atoms with van der Waals surface area (Å²) in [4.78, 5) is 9.24. The Labute approximate surface area is 142 Å². The lowest BCUT2D eigenvalue weighted by atomic mass is 10.1. The predicted octanol–water partition coefficient (Wildman–Crippen LogP) is 4.86. The second kappa shape index (κ2) is 5.41. The van der Waals surface area contributed by atoms with Gasteiger partial charge in [-0.05, 0) is 19.1 Å². The van der Waals surface area contributed by atoms with E-state index >= 15 is 0 Å². The second-order valence-corrected chi connectivity index (χ2v) is 6.02. The van der Waals surface area contributed by atoms with Crippen molar-refractivity contribution in [1.82, 2.24) is 20.2 Å². The summed E-state index contributed by atoms with van der Waals surface area (Å²) in [5.41, 5.74) is 3.76. The Hall–Kier alpha value is -2.30. The summed E-state index contributed by atoms with van der Waals surface area (Å²) in [6.45, 7) is 1.90. The second-order valence-electron chi connectivity index (χ2n) is 5.20. The molecule has 0 N–H and O–H groups in total. The molecule has 0 saturated heterocycles. The first-order valence-electron chi connectivity index (χ1n) is 6.97. The van der Waals surface area contributed by atoms with E-state index in [1.165, 1.54) is 0 Å². The molecule has 0 unspecified atom stereocenters. The highest BCUT2D eigenvalue weighted by molar-refractivity contribution is 6.37. The Morgan fingerprint density at radius 1 is 0.913 bits per heavy atom. The van der Waals surface area contributed by atoms with Gasteiger partial charge in [0.1, 0.15) is 5.52 Å². The van der Waals surface area contributed by atoms with E-state index in [9.17, 15) is 0 Å². The van der Waals surface area contributed by atoms with Crippen LogP contribution in [0.2, 0.25) is 10.0 Å². The molecule has 2 aromatic heterocycles. The van der Waals surface area contributed by atoms with Gasteiger partial charge in [0, 0.05) is 22.2 Å². The van der Waals surface area contributed by atoms with Crippen molar-refractivity contribution in [3.63, 3.8) is 0 Å². The van der Waals surface area contributed by atoms with Gasteiger partial charge in [-0.25, -0.2) is 0 Å². The molecule has 4 rings (SSSR count). The number of nitrogens with zero attached hydrogens (tertiary/aromatic N) is 4. The third kappa shape index (κ3) is 2.31. The molecule has 0 atom stereocenters. The van der Waals surface area contributed by atoms with Crippen molar-refractivity contribution in [2.75, 3.05) is 0 Å². The predicted molar refractivity (Wildman–Crippen MR) is 92.8 cm³/mol. The van der Waals surface area contributed by atoms with Crippen LogP contribution in [0, 0.1) is 6.92 Å². The quantitative estimate of drug-likeness (QED) is 0.496. The molecule has 2 heterocycles. The largest absolute Gasteiger partial charge is 0.254 e. The molecule has 6 heteroatoms. The van der Waals surface area contributed by atoms with Crippen molar-refractivity contribution >= 4 is 45.0 Å². The first-order valence-corrected chi connectivity index (χ1v) is 7.73. The molecule has 0 saturated carbocycles. The molecule has 0 spiro atoms. The maximum atomic E-state index is 6.37. The van der Waals surface area contributed by atoms with E-state index in [1.807, 2.05) is 37.3 Å². The summed E-state index contributed by atoms with van der Waals surface area (Å²) in [5, 5.41) is 10.8. The molecular formula is C17H10Cl2N4. The van der Waals surface area contributed by atoms with Crippen molar-refractivity contribution < 1.29 is 0 Å². The molecule has 0 radical (unpaired) electrons. The van der Waals surface area contributed by atoms with Gasteiger partial charge in [-0.2, -0.15) is 5.10 Å². The molecule has 0 aliphatic heterocycles. The highest BCUT2D eigenvalue weighted by Gasteiger charge is 2.15. The van der Waals surface area contributed by atoms with Crippen LogP contribution in [0.4, 0.5) is 0 Å². The number of fused-ring (bicyclic) bond motifs is 3. The summed E-state index contributed by atoms with van der Waals surface area (Å²) < 4.78 is 0. The van der Waals surface area contributed by atoms with Crippen LogP contribution < -0.4 is 0 Å². The van der Waals surface area contributed by atoms with Gasteiger partial charge in [-0.15, -0.1) is 5.10 Å². The lowest BCUT2D eigenvalue weighted by Gasteiger charge is -2.05. The van der Waals surface area contributed by atoms with E-state index in [4.69, 9.17) is 23.2 Å². The number of hydrogen-bond acceptors (Lipinski definition) is 4. The summed E-state index contributed by atoms with van der Waals surface area (Å²) in [6.07, 6.45) is 3.39. The number of aryl methyl sites for hydroxylation is 1. The van der Waals surface area contributed by atoms with Crippen LogP contribution in [0.15, 0.2) is 42.7 Å². The molecule has 0 aliphatic rings. The first-order chi connectivity index (χ1) is 11.1. The van der Waals surface area contributed by atoms with Gasteiger partial charge in [0.2, 0.25) is 0 Å². The van der Waals surface area contributed by atoms with E-state index in [2.05, 4.69) is 20.2 Å². The molecule has 0 amide bonds. The number of aromatic nitrogens is 4. The molecule has 0 fully saturated rings. The third-order valence-corrected chi connectivity index (χ3v) is 4.28. The van der Waals surface area contributed by atoms with E-state index in [-0.39, 0.29) is 0 Å². The molecule has 4 nitrogen and oxygen atoms in total. The lowest BCUT2D eigenvalue weighted by Crippen LogP contribution is -1.86. The first kappa shape index (κ1) is 14.3. The van der Waals surface area contributed by atoms with Gasteiger partial charge in [-0.1, -0.05) is 41.4 Å². The monoisotopic (exact) mass is 340 g/mol. The Morgan fingerprint density at radius 2 is 1.74 bits per heavy atom. The minimum atomic E-state index is 0.519. The molecule has 2 aromatic carbocycles. The van der Waals surface area contributed by atoms with Crippen molar-refractivity contribution in [3.8, 4) is 11.3 Å². The van der Waals surface area contributed by atoms with Gasteiger partial charge >= 0.3 is 0 Å². The van der Waals surface area contributed by atoms with Crippen LogP contribution in [0.5, 0.6) is 0 Å². The van der Waals surface area contributed by atoms with Gasteiger partial charge in [-0.3, -0.25) is 9.97 Å². The minimum Gasteiger partial charge on any atom is -0.254 e. The molecule has 112 valence electrons. The van der Waals surface area contributed by atoms with Crippen LogP contribution >= 0.6 is 23.2 Å². The van der Waals surface area contributed by atoms with E-state index in [1.54, 1.807) is 12.4 Å². The van der Waals surface area contributed by atoms with Crippen LogP contribution in [-0.2, 0) is 0 Å². The fraction of sp³-hybridized carbons (Fsp3) is 0.0588. The van der Waals surface area contributed by atoms with Crippen LogP contribution in [0.25, 0.3) is 33.1 Å². The van der Waals surface area contributed by atoms with Crippen LogP contribution in [0.1, 0.15) is 5.69 Å². The zero-order valence-corrected chi connectivity index (χ0v) is 13.6. The fourth-order valence-corrected chi connectivity index (χ4v) is 3.09. The molecular weight excluding hydrogens is 331 g/mol. The Bertz CT molecular complexity index is 1060. The topological polar surface area (TPSA) is 51.6 Å². The average molecular weight is 341 g/mol. The molecule has 23 heavy (non-hydrogen) atoms. The summed E-state index contributed by atoms with van der Waals surface area (Å²) >= 11 is 12.7. The summed E-state index contributed by atoms with van der Waals surface area (Å²) in [7, 11) is 0. The summed E-state index contributed by atoms with van der Waals surface area (Å²) in [6, 6.07) is 9.41. The van der Waals surface area contributed by atoms with Crippen LogP contribution in [0.3, 0.4) is 0 Å². The SMILES string of the molecule is Cc1cnc2c(cc(Cl)c3nncc32)c(-c2ccccc2Cl)n1. The smallest absolute Gasteiger partial charge is 0.115 e. The van der Waals surface area contributed by atoms with Gasteiger partial charge in [0.05, 0.1) is 33.5 Å². The highest BCUT2D eigenvalue weighted by Crippen LogP contribution is 2.35. The fourth-order valence-electron chi connectivity index (χ4n) is 2.62. The normalized spacial score (nSPS) is 11.3. The number of benzene rings is 2. The highest BCUT2D eigenvalue weighted by atomic mass is 35.5. The number of rotatable bonds is 1. The van der Waals surface area contributed by atoms with E-state index in [0.29, 0.717) is 15.6 Å². The number of hydrogen-bond donors (Lipinski definition) is 0. The molecule has 4 aromatic rings. The van der Waals surface area contributed by atoms with Crippen molar-refractivity contribution in [1.29, 1.82) is 0 Å². The number of halogens is 2. The van der Waals surface area contributed by atoms with Crippen molar-refractivity contribution in [3.05, 3.63) is 58.5 Å². The van der Waals surface area contributed by atoms with Crippen LogP contribution in [-0.4, -0.2) is 20.2 Å². The van der Waals surface area contributed by atoms with Gasteiger partial charge in [0.15, 0.2) is 0 Å². The Kier molecular flexibility index (Phi) is 3.36. The third-order valence-electron chi connectivity index (χ3n) is 3.66. The van der Waals surface area contributed by atoms with E-state index in [0.717, 1.165) is 33.2 Å². The average Bonchev–Trinajstić information content (AvgIpc) is 2.97. The Balaban J connectivity index is 2.24. The van der Waals surface area contributed by atoms with E-state index < -0.39 is 0 Å².